The maximum atomic E-state index is 13.4. The van der Waals surface area contributed by atoms with Crippen molar-refractivity contribution in [1.29, 1.82) is 0 Å². The molecule has 0 unspecified atom stereocenters. The molecule has 0 atom stereocenters. The summed E-state index contributed by atoms with van der Waals surface area (Å²) in [6.07, 6.45) is 0.752. The predicted octanol–water partition coefficient (Wildman–Crippen LogP) is 4.64. The Morgan fingerprint density at radius 1 is 1.27 bits per heavy atom. The molecule has 0 fully saturated rings. The Kier molecular flexibility index (Phi) is 7.65. The Morgan fingerprint density at radius 2 is 2.03 bits per heavy atom. The smallest absolute Gasteiger partial charge is 0.216 e. The summed E-state index contributed by atoms with van der Waals surface area (Å²) < 4.78 is 20.9. The van der Waals surface area contributed by atoms with Crippen molar-refractivity contribution in [3.05, 3.63) is 69.0 Å². The summed E-state index contributed by atoms with van der Waals surface area (Å²) in [5, 5.41) is 5.44. The molecule has 1 aromatic heterocycles. The number of rotatable bonds is 8. The zero-order valence-electron chi connectivity index (χ0n) is 16.8. The average molecular weight is 448 g/mol. The number of thiazole rings is 1. The number of carbonyl (C=O) groups excluding carboxylic acids is 1. The number of hydrogen-bond acceptors (Lipinski definition) is 4. The molecule has 3 aromatic rings. The van der Waals surface area contributed by atoms with Gasteiger partial charge in [-0.05, 0) is 48.4 Å². The highest BCUT2D eigenvalue weighted by Gasteiger charge is 2.09. The summed E-state index contributed by atoms with van der Waals surface area (Å²) in [5.74, 6) is 0.369. The van der Waals surface area contributed by atoms with Gasteiger partial charge in [-0.1, -0.05) is 17.7 Å². The highest BCUT2D eigenvalue weighted by atomic mass is 35.5. The van der Waals surface area contributed by atoms with Crippen molar-refractivity contribution in [2.24, 2.45) is 4.99 Å². The second-order valence-corrected chi connectivity index (χ2v) is 7.94. The van der Waals surface area contributed by atoms with Crippen molar-refractivity contribution in [2.45, 2.75) is 26.4 Å². The van der Waals surface area contributed by atoms with Gasteiger partial charge in [0, 0.05) is 36.0 Å². The minimum Gasteiger partial charge on any atom is -0.496 e. The van der Waals surface area contributed by atoms with Crippen LogP contribution in [-0.2, 0) is 17.9 Å². The van der Waals surface area contributed by atoms with Crippen LogP contribution in [0.1, 0.15) is 18.9 Å². The van der Waals surface area contributed by atoms with Gasteiger partial charge in [-0.15, -0.1) is 11.3 Å². The summed E-state index contributed by atoms with van der Waals surface area (Å²) in [6.45, 7) is 3.19. The SMILES string of the molecule is COc1cc(Cl)ccc1C/N=c1\scc(-c2ccc(F)cc2)n1CCCNC(C)=O. The van der Waals surface area contributed by atoms with Gasteiger partial charge in [0.05, 0.1) is 19.3 Å². The van der Waals surface area contributed by atoms with Crippen molar-refractivity contribution < 1.29 is 13.9 Å². The van der Waals surface area contributed by atoms with E-state index in [0.29, 0.717) is 30.4 Å². The minimum absolute atomic E-state index is 0.0520. The normalized spacial score (nSPS) is 11.5. The van der Waals surface area contributed by atoms with Crippen LogP contribution in [-0.4, -0.2) is 24.1 Å². The third kappa shape index (κ3) is 5.70. The quantitative estimate of drug-likeness (QED) is 0.511. The lowest BCUT2D eigenvalue weighted by Crippen LogP contribution is -2.24. The molecule has 5 nitrogen and oxygen atoms in total. The molecule has 30 heavy (non-hydrogen) atoms. The lowest BCUT2D eigenvalue weighted by atomic mass is 10.1. The molecule has 1 amide bonds. The Morgan fingerprint density at radius 3 is 2.73 bits per heavy atom. The zero-order valence-corrected chi connectivity index (χ0v) is 18.4. The number of amides is 1. The number of hydrogen-bond donors (Lipinski definition) is 1. The molecule has 0 radical (unpaired) electrons. The number of nitrogens with zero attached hydrogens (tertiary/aromatic N) is 2. The van der Waals surface area contributed by atoms with E-state index in [1.165, 1.54) is 30.4 Å². The van der Waals surface area contributed by atoms with E-state index in [0.717, 1.165) is 28.0 Å². The lowest BCUT2D eigenvalue weighted by molar-refractivity contribution is -0.118. The van der Waals surface area contributed by atoms with Crippen LogP contribution in [0.2, 0.25) is 5.02 Å². The summed E-state index contributed by atoms with van der Waals surface area (Å²) in [7, 11) is 1.61. The summed E-state index contributed by atoms with van der Waals surface area (Å²) in [5.41, 5.74) is 2.81. The topological polar surface area (TPSA) is 55.6 Å². The predicted molar refractivity (Wildman–Crippen MR) is 118 cm³/mol. The van der Waals surface area contributed by atoms with Crippen molar-refractivity contribution >= 4 is 28.8 Å². The molecule has 0 aliphatic rings. The highest BCUT2D eigenvalue weighted by Crippen LogP contribution is 2.24. The molecule has 3 rings (SSSR count). The Hall–Kier alpha value is -2.64. The van der Waals surface area contributed by atoms with Crippen molar-refractivity contribution in [3.8, 4) is 17.0 Å². The van der Waals surface area contributed by atoms with Crippen LogP contribution in [0.5, 0.6) is 5.75 Å². The Bertz CT molecular complexity index is 1080. The van der Waals surface area contributed by atoms with E-state index < -0.39 is 0 Å². The summed E-state index contributed by atoms with van der Waals surface area (Å²) >= 11 is 7.57. The van der Waals surface area contributed by atoms with Gasteiger partial charge in [-0.25, -0.2) is 4.39 Å². The number of benzene rings is 2. The molecule has 0 saturated heterocycles. The van der Waals surface area contributed by atoms with Gasteiger partial charge >= 0.3 is 0 Å². The number of carbonyl (C=O) groups is 1. The molecule has 1 N–H and O–H groups in total. The van der Waals surface area contributed by atoms with E-state index >= 15 is 0 Å². The molecule has 0 aliphatic carbocycles. The van der Waals surface area contributed by atoms with Gasteiger partial charge in [0.25, 0.3) is 0 Å². The number of nitrogens with one attached hydrogen (secondary N) is 1. The van der Waals surface area contributed by atoms with Gasteiger partial charge < -0.3 is 14.6 Å². The van der Waals surface area contributed by atoms with Crippen LogP contribution in [0.4, 0.5) is 4.39 Å². The first kappa shape index (κ1) is 22.1. The fourth-order valence-corrected chi connectivity index (χ4v) is 4.12. The standard InChI is InChI=1S/C22H23ClFN3O2S/c1-15(28)25-10-3-11-27-20(16-5-8-19(24)9-6-16)14-30-22(27)26-13-17-4-7-18(23)12-21(17)29-2/h4-9,12,14H,3,10-11,13H2,1-2H3,(H,25,28)/b26-22-. The van der Waals surface area contributed by atoms with Crippen LogP contribution in [0, 0.1) is 5.82 Å². The third-order valence-corrected chi connectivity index (χ3v) is 5.64. The van der Waals surface area contributed by atoms with E-state index in [4.69, 9.17) is 21.3 Å². The maximum Gasteiger partial charge on any atom is 0.216 e. The number of halogens is 2. The largest absolute Gasteiger partial charge is 0.496 e. The average Bonchev–Trinajstić information content (AvgIpc) is 3.13. The first-order chi connectivity index (χ1) is 14.5. The first-order valence-corrected chi connectivity index (χ1v) is 10.8. The van der Waals surface area contributed by atoms with Crippen LogP contribution < -0.4 is 14.9 Å². The first-order valence-electron chi connectivity index (χ1n) is 9.49. The van der Waals surface area contributed by atoms with E-state index in [2.05, 4.69) is 9.88 Å². The molecule has 0 aliphatic heterocycles. The van der Waals surface area contributed by atoms with Crippen LogP contribution in [0.3, 0.4) is 0 Å². The van der Waals surface area contributed by atoms with Crippen molar-refractivity contribution in [2.75, 3.05) is 13.7 Å². The maximum absolute atomic E-state index is 13.4. The van der Waals surface area contributed by atoms with E-state index in [9.17, 15) is 9.18 Å². The molecule has 2 aromatic carbocycles. The van der Waals surface area contributed by atoms with Gasteiger partial charge in [0.2, 0.25) is 5.91 Å². The molecule has 8 heteroatoms. The molecule has 0 saturated carbocycles. The second-order valence-electron chi connectivity index (χ2n) is 6.67. The van der Waals surface area contributed by atoms with Crippen molar-refractivity contribution in [3.63, 3.8) is 0 Å². The van der Waals surface area contributed by atoms with Gasteiger partial charge in [0.1, 0.15) is 11.6 Å². The molecule has 0 spiro atoms. The fraction of sp³-hybridized carbons (Fsp3) is 0.273. The van der Waals surface area contributed by atoms with E-state index in [1.54, 1.807) is 25.3 Å². The van der Waals surface area contributed by atoms with Crippen LogP contribution in [0.25, 0.3) is 11.3 Å². The van der Waals surface area contributed by atoms with Crippen LogP contribution >= 0.6 is 22.9 Å². The Labute approximate surface area is 183 Å². The highest BCUT2D eigenvalue weighted by molar-refractivity contribution is 7.07. The van der Waals surface area contributed by atoms with E-state index in [1.807, 2.05) is 17.5 Å². The molecule has 0 bridgehead atoms. The zero-order chi connectivity index (χ0) is 21.5. The van der Waals surface area contributed by atoms with Crippen LogP contribution in [0.15, 0.2) is 52.8 Å². The van der Waals surface area contributed by atoms with Crippen molar-refractivity contribution in [1.82, 2.24) is 9.88 Å². The van der Waals surface area contributed by atoms with Gasteiger partial charge in [-0.2, -0.15) is 0 Å². The number of methoxy groups -OCH3 is 1. The van der Waals surface area contributed by atoms with Gasteiger partial charge in [0.15, 0.2) is 4.80 Å². The molecular formula is C22H23ClFN3O2S. The monoisotopic (exact) mass is 447 g/mol. The lowest BCUT2D eigenvalue weighted by Gasteiger charge is -2.10. The minimum atomic E-state index is -0.272. The molecule has 1 heterocycles. The van der Waals surface area contributed by atoms with E-state index in [-0.39, 0.29) is 11.7 Å². The second kappa shape index (κ2) is 10.4. The molecular weight excluding hydrogens is 425 g/mol. The number of ether oxygens (including phenoxy) is 1. The Balaban J connectivity index is 1.91. The summed E-state index contributed by atoms with van der Waals surface area (Å²) in [6, 6.07) is 11.9. The summed E-state index contributed by atoms with van der Waals surface area (Å²) in [4.78, 5) is 16.8. The molecule has 158 valence electrons. The van der Waals surface area contributed by atoms with Gasteiger partial charge in [-0.3, -0.25) is 9.79 Å². The third-order valence-electron chi connectivity index (χ3n) is 4.50. The number of aromatic nitrogens is 1. The fourth-order valence-electron chi connectivity index (χ4n) is 3.03.